The van der Waals surface area contributed by atoms with Gasteiger partial charge in [0.2, 0.25) is 5.69 Å². The van der Waals surface area contributed by atoms with Gasteiger partial charge in [0, 0.05) is 5.75 Å². The van der Waals surface area contributed by atoms with E-state index in [9.17, 15) is 4.89 Å². The SMILES string of the molecule is CC(C)CCCCCCSP(O)(=S)OCc1ccccc1. The second-order valence-electron chi connectivity index (χ2n) is 5.66. The quantitative estimate of drug-likeness (QED) is 0.407. The summed E-state index contributed by atoms with van der Waals surface area (Å²) in [5.74, 6) is 1.69. The second-order valence-corrected chi connectivity index (χ2v) is 12.0. The third-order valence-electron chi connectivity index (χ3n) is 3.17. The summed E-state index contributed by atoms with van der Waals surface area (Å²) in [5, 5.41) is 0. The van der Waals surface area contributed by atoms with Gasteiger partial charge in [0.15, 0.2) is 0 Å². The zero-order chi connectivity index (χ0) is 15.6. The van der Waals surface area contributed by atoms with Crippen molar-refractivity contribution in [2.75, 3.05) is 5.75 Å². The lowest BCUT2D eigenvalue weighted by Gasteiger charge is -2.15. The Hall–Kier alpha value is 0.140. The predicted octanol–water partition coefficient (Wildman–Crippen LogP) is 5.76. The van der Waals surface area contributed by atoms with Crippen molar-refractivity contribution in [3.8, 4) is 0 Å². The summed E-state index contributed by atoms with van der Waals surface area (Å²) >= 11 is 6.61. The van der Waals surface area contributed by atoms with Crippen LogP contribution in [0.5, 0.6) is 0 Å². The molecular weight excluding hydrogens is 319 g/mol. The van der Waals surface area contributed by atoms with Crippen LogP contribution < -0.4 is 0 Å². The summed E-state index contributed by atoms with van der Waals surface area (Å²) in [7, 11) is 0. The molecule has 0 bridgehead atoms. The second kappa shape index (κ2) is 10.8. The highest BCUT2D eigenvalue weighted by Gasteiger charge is 2.14. The van der Waals surface area contributed by atoms with E-state index in [4.69, 9.17) is 16.3 Å². The van der Waals surface area contributed by atoms with E-state index < -0.39 is 5.69 Å². The summed E-state index contributed by atoms with van der Waals surface area (Å²) in [6.07, 6.45) is 6.22. The van der Waals surface area contributed by atoms with Crippen LogP contribution in [-0.2, 0) is 22.9 Å². The fourth-order valence-electron chi connectivity index (χ4n) is 1.96. The number of unbranched alkanes of at least 4 members (excludes halogenated alkanes) is 3. The van der Waals surface area contributed by atoms with E-state index in [1.807, 2.05) is 30.3 Å². The first kappa shape index (κ1) is 19.2. The molecule has 21 heavy (non-hydrogen) atoms. The smallest absolute Gasteiger partial charge is 0.245 e. The van der Waals surface area contributed by atoms with Crippen molar-refractivity contribution in [3.63, 3.8) is 0 Å². The van der Waals surface area contributed by atoms with Crippen LogP contribution in [0.25, 0.3) is 0 Å². The van der Waals surface area contributed by atoms with Crippen molar-refractivity contribution in [2.24, 2.45) is 5.92 Å². The molecule has 5 heteroatoms. The van der Waals surface area contributed by atoms with E-state index >= 15 is 0 Å². The Kier molecular flexibility index (Phi) is 9.87. The average Bonchev–Trinajstić information content (AvgIpc) is 2.45. The highest BCUT2D eigenvalue weighted by atomic mass is 32.9. The first-order chi connectivity index (χ1) is 9.99. The van der Waals surface area contributed by atoms with E-state index in [2.05, 4.69) is 13.8 Å². The fraction of sp³-hybridized carbons (Fsp3) is 0.625. The maximum Gasteiger partial charge on any atom is 0.245 e. The van der Waals surface area contributed by atoms with Crippen LogP contribution in [0.4, 0.5) is 0 Å². The molecule has 1 unspecified atom stereocenters. The molecule has 0 saturated heterocycles. The molecule has 1 rings (SSSR count). The van der Waals surface area contributed by atoms with Crippen LogP contribution >= 0.6 is 17.1 Å². The van der Waals surface area contributed by atoms with E-state index in [0.717, 1.165) is 23.7 Å². The summed E-state index contributed by atoms with van der Waals surface area (Å²) in [5.41, 5.74) is -1.63. The van der Waals surface area contributed by atoms with Crippen LogP contribution in [0.2, 0.25) is 0 Å². The number of benzene rings is 1. The third-order valence-corrected chi connectivity index (χ3v) is 7.53. The van der Waals surface area contributed by atoms with Crippen LogP contribution in [0.3, 0.4) is 0 Å². The Balaban J connectivity index is 2.08. The number of rotatable bonds is 11. The molecule has 0 amide bonds. The van der Waals surface area contributed by atoms with Crippen LogP contribution in [-0.4, -0.2) is 10.6 Å². The largest absolute Gasteiger partial charge is 0.337 e. The minimum absolute atomic E-state index is 0.399. The lowest BCUT2D eigenvalue weighted by atomic mass is 10.0. The van der Waals surface area contributed by atoms with Crippen LogP contribution in [0.15, 0.2) is 30.3 Å². The van der Waals surface area contributed by atoms with Crippen molar-refractivity contribution < 1.29 is 9.42 Å². The van der Waals surface area contributed by atoms with Gasteiger partial charge in [-0.3, -0.25) is 0 Å². The molecule has 0 spiro atoms. The molecule has 0 radical (unpaired) electrons. The summed E-state index contributed by atoms with van der Waals surface area (Å²) in [4.78, 5) is 10.1. The molecule has 1 N–H and O–H groups in total. The molecule has 0 aromatic heterocycles. The van der Waals surface area contributed by atoms with Gasteiger partial charge in [0.1, 0.15) is 0 Å². The fourth-order valence-corrected chi connectivity index (χ4v) is 5.20. The molecule has 1 aromatic carbocycles. The molecular formula is C16H27O2PS2. The van der Waals surface area contributed by atoms with Gasteiger partial charge in [-0.25, -0.2) is 0 Å². The third kappa shape index (κ3) is 10.5. The van der Waals surface area contributed by atoms with Gasteiger partial charge in [-0.15, -0.1) is 0 Å². The lowest BCUT2D eigenvalue weighted by molar-refractivity contribution is 0.309. The van der Waals surface area contributed by atoms with Gasteiger partial charge in [0.05, 0.1) is 6.61 Å². The molecule has 0 aliphatic heterocycles. The molecule has 0 aliphatic carbocycles. The first-order valence-corrected chi connectivity index (χ1v) is 11.9. The molecule has 0 saturated carbocycles. The van der Waals surface area contributed by atoms with Gasteiger partial charge < -0.3 is 9.42 Å². The highest BCUT2D eigenvalue weighted by molar-refractivity contribution is 8.67. The van der Waals surface area contributed by atoms with Crippen LogP contribution in [0.1, 0.15) is 51.5 Å². The maximum atomic E-state index is 10.1. The summed E-state index contributed by atoms with van der Waals surface area (Å²) in [6, 6.07) is 9.85. The molecule has 0 heterocycles. The zero-order valence-corrected chi connectivity index (χ0v) is 15.6. The standard InChI is InChI=1S/C16H27O2PS2/c1-15(2)10-6-3-4-9-13-21-19(17,20)18-14-16-11-7-5-8-12-16/h5,7-8,11-12,15H,3-4,6,9-10,13-14H2,1-2H3,(H,17,20). The van der Waals surface area contributed by atoms with E-state index in [0.29, 0.717) is 6.61 Å². The Morgan fingerprint density at radius 2 is 1.81 bits per heavy atom. The van der Waals surface area contributed by atoms with Gasteiger partial charge in [0.25, 0.3) is 0 Å². The van der Waals surface area contributed by atoms with Gasteiger partial charge in [-0.2, -0.15) is 0 Å². The van der Waals surface area contributed by atoms with E-state index in [1.165, 1.54) is 37.1 Å². The molecule has 1 atom stereocenters. The van der Waals surface area contributed by atoms with Gasteiger partial charge in [-0.05, 0) is 29.7 Å². The molecule has 2 nitrogen and oxygen atoms in total. The molecule has 0 aliphatic rings. The topological polar surface area (TPSA) is 29.5 Å². The molecule has 120 valence electrons. The first-order valence-electron chi connectivity index (χ1n) is 7.65. The van der Waals surface area contributed by atoms with Crippen molar-refractivity contribution in [1.29, 1.82) is 0 Å². The molecule has 0 fully saturated rings. The highest BCUT2D eigenvalue weighted by Crippen LogP contribution is 2.56. The zero-order valence-electron chi connectivity index (χ0n) is 13.0. The predicted molar refractivity (Wildman–Crippen MR) is 98.1 cm³/mol. The Morgan fingerprint density at radius 1 is 1.14 bits per heavy atom. The van der Waals surface area contributed by atoms with E-state index in [-0.39, 0.29) is 0 Å². The maximum absolute atomic E-state index is 10.1. The normalized spacial score (nSPS) is 14.3. The Labute approximate surface area is 138 Å². The van der Waals surface area contributed by atoms with E-state index in [1.54, 1.807) is 0 Å². The van der Waals surface area contributed by atoms with Crippen molar-refractivity contribution >= 4 is 28.9 Å². The number of hydrogen-bond acceptors (Lipinski definition) is 3. The molecule has 1 aromatic rings. The van der Waals surface area contributed by atoms with Gasteiger partial charge >= 0.3 is 0 Å². The average molecular weight is 346 g/mol. The van der Waals surface area contributed by atoms with Crippen molar-refractivity contribution in [3.05, 3.63) is 35.9 Å². The minimum Gasteiger partial charge on any atom is -0.337 e. The summed E-state index contributed by atoms with van der Waals surface area (Å²) < 4.78 is 5.52. The Morgan fingerprint density at radius 3 is 2.48 bits per heavy atom. The summed E-state index contributed by atoms with van der Waals surface area (Å²) in [6.45, 7) is 4.93. The van der Waals surface area contributed by atoms with Gasteiger partial charge in [-0.1, -0.05) is 81.2 Å². The van der Waals surface area contributed by atoms with Crippen LogP contribution in [0, 0.1) is 5.92 Å². The number of hydrogen-bond donors (Lipinski definition) is 1. The Bertz CT molecular complexity index is 424. The van der Waals surface area contributed by atoms with Crippen molar-refractivity contribution in [2.45, 2.75) is 52.6 Å². The monoisotopic (exact) mass is 346 g/mol. The van der Waals surface area contributed by atoms with Crippen molar-refractivity contribution in [1.82, 2.24) is 0 Å². The lowest BCUT2D eigenvalue weighted by Crippen LogP contribution is -1.91. The minimum atomic E-state index is -2.68.